The number of carbonyl (C=O) groups excluding carboxylic acids is 2. The number of amides is 2. The van der Waals surface area contributed by atoms with Gasteiger partial charge in [-0.05, 0) is 79.1 Å². The Labute approximate surface area is 220 Å². The van der Waals surface area contributed by atoms with E-state index < -0.39 is 30.5 Å². The number of cyclic esters (lactones) is 2. The number of fused-ring (bicyclic) bond motifs is 2. The van der Waals surface area contributed by atoms with Gasteiger partial charge in [-0.15, -0.1) is 0 Å². The van der Waals surface area contributed by atoms with Crippen LogP contribution in [0.4, 0.5) is 21.0 Å². The molecule has 36 heavy (non-hydrogen) atoms. The molecule has 192 valence electrons. The lowest BCUT2D eigenvalue weighted by Gasteiger charge is -2.32. The van der Waals surface area contributed by atoms with Crippen LogP contribution in [0.1, 0.15) is 66.5 Å². The second-order valence-corrected chi connectivity index (χ2v) is 12.0. The molecule has 1 saturated heterocycles. The summed E-state index contributed by atoms with van der Waals surface area (Å²) in [6.45, 7) is 15.6. The molecule has 3 aliphatic rings. The minimum absolute atomic E-state index is 0.390. The number of nitrogens with one attached hydrogen (secondary N) is 2. The lowest BCUT2D eigenvalue weighted by atomic mass is 9.77. The highest BCUT2D eigenvalue weighted by Crippen LogP contribution is 2.39. The van der Waals surface area contributed by atoms with E-state index in [1.54, 1.807) is 0 Å². The first-order valence-electron chi connectivity index (χ1n) is 11.8. The summed E-state index contributed by atoms with van der Waals surface area (Å²) in [4.78, 5) is 22.9. The van der Waals surface area contributed by atoms with Gasteiger partial charge in [-0.1, -0.05) is 34.1 Å². The number of halogens is 1. The first-order chi connectivity index (χ1) is 16.5. The normalized spacial score (nSPS) is 22.0. The topological polar surface area (TPSA) is 95.1 Å². The maximum atomic E-state index is 11.7. The average Bonchev–Trinajstić information content (AvgIpc) is 2.93. The Morgan fingerprint density at radius 1 is 0.694 bits per heavy atom. The summed E-state index contributed by atoms with van der Waals surface area (Å²) in [7, 11) is -0.446. The predicted molar refractivity (Wildman–Crippen MR) is 143 cm³/mol. The highest BCUT2D eigenvalue weighted by atomic mass is 79.9. The molecule has 2 aromatic rings. The van der Waals surface area contributed by atoms with Gasteiger partial charge in [0.25, 0.3) is 0 Å². The van der Waals surface area contributed by atoms with Crippen molar-refractivity contribution in [2.24, 2.45) is 0 Å². The molecule has 0 radical (unpaired) electrons. The third-order valence-corrected chi connectivity index (χ3v) is 7.51. The number of hydrogen-bond acceptors (Lipinski definition) is 6. The SMILES string of the molecule is CC1(C)OC(=O)Nc2cc(B3OC(C)(C)C(C)(C)O3)ccc21.CC1(C)OC(=O)Nc2cc(Br)ccc21. The molecular formula is C26H32BBrN2O6. The van der Waals surface area contributed by atoms with E-state index in [9.17, 15) is 9.59 Å². The molecule has 0 aromatic heterocycles. The molecule has 0 aliphatic carbocycles. The van der Waals surface area contributed by atoms with Gasteiger partial charge < -0.3 is 18.8 Å². The summed E-state index contributed by atoms with van der Waals surface area (Å²) in [5.74, 6) is 0. The van der Waals surface area contributed by atoms with E-state index in [1.807, 2.05) is 91.8 Å². The van der Waals surface area contributed by atoms with Gasteiger partial charge in [0.05, 0.1) is 22.6 Å². The van der Waals surface area contributed by atoms with Crippen LogP contribution in [0.25, 0.3) is 0 Å². The Morgan fingerprint density at radius 2 is 1.14 bits per heavy atom. The summed E-state index contributed by atoms with van der Waals surface area (Å²) in [6, 6.07) is 11.6. The highest BCUT2D eigenvalue weighted by molar-refractivity contribution is 9.10. The van der Waals surface area contributed by atoms with Crippen LogP contribution >= 0.6 is 15.9 Å². The molecule has 2 amide bonds. The largest absolute Gasteiger partial charge is 0.494 e. The smallest absolute Gasteiger partial charge is 0.438 e. The van der Waals surface area contributed by atoms with Crippen molar-refractivity contribution in [2.75, 3.05) is 10.6 Å². The van der Waals surface area contributed by atoms with Gasteiger partial charge in [0.1, 0.15) is 11.2 Å². The number of benzene rings is 2. The van der Waals surface area contributed by atoms with E-state index in [-0.39, 0.29) is 11.2 Å². The molecule has 2 aromatic carbocycles. The van der Waals surface area contributed by atoms with Crippen molar-refractivity contribution < 1.29 is 28.4 Å². The lowest BCUT2D eigenvalue weighted by Crippen LogP contribution is -2.41. The van der Waals surface area contributed by atoms with Crippen LogP contribution in [0.2, 0.25) is 0 Å². The first-order valence-corrected chi connectivity index (χ1v) is 12.6. The van der Waals surface area contributed by atoms with E-state index >= 15 is 0 Å². The van der Waals surface area contributed by atoms with Crippen LogP contribution in [0.3, 0.4) is 0 Å². The van der Waals surface area contributed by atoms with Crippen LogP contribution in [0, 0.1) is 0 Å². The number of anilines is 2. The highest BCUT2D eigenvalue weighted by Gasteiger charge is 2.52. The van der Waals surface area contributed by atoms with Crippen LogP contribution < -0.4 is 16.1 Å². The molecule has 1 fully saturated rings. The monoisotopic (exact) mass is 558 g/mol. The van der Waals surface area contributed by atoms with Gasteiger partial charge in [-0.25, -0.2) is 9.59 Å². The molecular weight excluding hydrogens is 527 g/mol. The molecule has 10 heteroatoms. The molecule has 8 nitrogen and oxygen atoms in total. The van der Waals surface area contributed by atoms with Crippen molar-refractivity contribution in [3.05, 3.63) is 52.0 Å². The second-order valence-electron chi connectivity index (χ2n) is 11.1. The van der Waals surface area contributed by atoms with E-state index in [1.165, 1.54) is 0 Å². The van der Waals surface area contributed by atoms with Gasteiger partial charge in [0.15, 0.2) is 0 Å². The third kappa shape index (κ3) is 4.99. The number of hydrogen-bond donors (Lipinski definition) is 2. The summed E-state index contributed by atoms with van der Waals surface area (Å²) < 4.78 is 23.5. The molecule has 0 atom stereocenters. The molecule has 3 heterocycles. The molecule has 3 aliphatic heterocycles. The minimum atomic E-state index is -0.647. The van der Waals surface area contributed by atoms with Crippen molar-refractivity contribution in [1.29, 1.82) is 0 Å². The Kier molecular flexibility index (Phi) is 6.47. The fourth-order valence-electron chi connectivity index (χ4n) is 4.31. The van der Waals surface area contributed by atoms with Gasteiger partial charge in [-0.2, -0.15) is 0 Å². The fourth-order valence-corrected chi connectivity index (χ4v) is 4.67. The van der Waals surface area contributed by atoms with E-state index in [0.717, 1.165) is 32.4 Å². The van der Waals surface area contributed by atoms with Gasteiger partial charge in [0.2, 0.25) is 0 Å². The van der Waals surface area contributed by atoms with Crippen LogP contribution in [-0.4, -0.2) is 30.5 Å². The second kappa shape index (κ2) is 8.78. The third-order valence-electron chi connectivity index (χ3n) is 7.02. The Balaban J connectivity index is 0.000000187. The van der Waals surface area contributed by atoms with Gasteiger partial charge >= 0.3 is 19.3 Å². The number of rotatable bonds is 1. The minimum Gasteiger partial charge on any atom is -0.438 e. The molecule has 2 N–H and O–H groups in total. The van der Waals surface area contributed by atoms with Crippen molar-refractivity contribution in [3.8, 4) is 0 Å². The van der Waals surface area contributed by atoms with Gasteiger partial charge in [0, 0.05) is 15.6 Å². The van der Waals surface area contributed by atoms with Crippen molar-refractivity contribution in [1.82, 2.24) is 0 Å². The Morgan fingerprint density at radius 3 is 1.64 bits per heavy atom. The standard InChI is InChI=1S/C16H22BNO4.C10H10BrNO2/c1-14(2)11-8-7-10(9-12(11)18-13(19)20-14)17-21-15(3,4)16(5,6)22-17;1-10(2)7-4-3-6(11)5-8(7)12-9(13)14-10/h7-9H,1-6H3,(H,18,19);3-5H,1-2H3,(H,12,13). The Hall–Kier alpha value is -2.56. The van der Waals surface area contributed by atoms with E-state index in [2.05, 4.69) is 26.6 Å². The van der Waals surface area contributed by atoms with E-state index in [4.69, 9.17) is 18.8 Å². The van der Waals surface area contributed by atoms with Gasteiger partial charge in [-0.3, -0.25) is 10.6 Å². The maximum absolute atomic E-state index is 11.7. The molecule has 0 spiro atoms. The predicted octanol–water partition coefficient (Wildman–Crippen LogP) is 6.03. The maximum Gasteiger partial charge on any atom is 0.494 e. The lowest BCUT2D eigenvalue weighted by molar-refractivity contribution is 0.00578. The number of ether oxygens (including phenoxy) is 2. The first kappa shape index (κ1) is 26.5. The van der Waals surface area contributed by atoms with Crippen LogP contribution in [0.15, 0.2) is 40.9 Å². The van der Waals surface area contributed by atoms with Crippen molar-refractivity contribution in [3.63, 3.8) is 0 Å². The average molecular weight is 559 g/mol. The van der Waals surface area contributed by atoms with E-state index in [0.29, 0.717) is 0 Å². The molecule has 5 rings (SSSR count). The molecule has 0 bridgehead atoms. The van der Waals surface area contributed by atoms with Crippen LogP contribution in [-0.2, 0) is 30.0 Å². The summed E-state index contributed by atoms with van der Waals surface area (Å²) in [5.41, 5.74) is 2.38. The summed E-state index contributed by atoms with van der Waals surface area (Å²) in [5, 5.41) is 5.41. The number of carbonyl (C=O) groups is 2. The zero-order chi connectivity index (χ0) is 26.7. The fraction of sp³-hybridized carbons (Fsp3) is 0.462. The van der Waals surface area contributed by atoms with Crippen molar-refractivity contribution >= 4 is 52.1 Å². The van der Waals surface area contributed by atoms with Crippen molar-refractivity contribution in [2.45, 2.75) is 77.8 Å². The molecule has 0 unspecified atom stereocenters. The Bertz CT molecular complexity index is 1210. The summed E-state index contributed by atoms with van der Waals surface area (Å²) >= 11 is 3.36. The quantitative estimate of drug-likeness (QED) is 0.415. The zero-order valence-corrected chi connectivity index (χ0v) is 23.5. The summed E-state index contributed by atoms with van der Waals surface area (Å²) in [6.07, 6.45) is -0.843. The zero-order valence-electron chi connectivity index (χ0n) is 21.9. The van der Waals surface area contributed by atoms with Crippen LogP contribution in [0.5, 0.6) is 0 Å². The molecule has 0 saturated carbocycles.